The Balaban J connectivity index is 1.40. The minimum Gasteiger partial charge on any atom is -0.363 e. The number of fused-ring (bicyclic) bond motifs is 1. The summed E-state index contributed by atoms with van der Waals surface area (Å²) in [6.45, 7) is 3.99. The first-order valence-corrected chi connectivity index (χ1v) is 11.3. The maximum absolute atomic E-state index is 8.91. The van der Waals surface area contributed by atoms with Crippen molar-refractivity contribution in [3.05, 3.63) is 83.6 Å². The predicted octanol–water partition coefficient (Wildman–Crippen LogP) is 5.56. The molecule has 0 fully saturated rings. The number of anilines is 1. The minimum absolute atomic E-state index is 0.00961. The molecular weight excluding hydrogens is 430 g/mol. The Kier molecular flexibility index (Phi) is 5.47. The molecule has 0 saturated carbocycles. The third-order valence-electron chi connectivity index (χ3n) is 5.30. The van der Waals surface area contributed by atoms with Crippen LogP contribution in [0.3, 0.4) is 0 Å². The molecule has 0 bridgehead atoms. The van der Waals surface area contributed by atoms with Gasteiger partial charge in [-0.2, -0.15) is 5.26 Å². The third-order valence-corrected chi connectivity index (χ3v) is 6.09. The van der Waals surface area contributed by atoms with Gasteiger partial charge < -0.3 is 5.32 Å². The van der Waals surface area contributed by atoms with Crippen molar-refractivity contribution < 1.29 is 0 Å². The van der Waals surface area contributed by atoms with Crippen molar-refractivity contribution in [2.75, 3.05) is 5.32 Å². The monoisotopic (exact) mass is 449 g/mol. The van der Waals surface area contributed by atoms with Gasteiger partial charge in [-0.25, -0.2) is 24.9 Å². The predicted molar refractivity (Wildman–Crippen MR) is 130 cm³/mol. The summed E-state index contributed by atoms with van der Waals surface area (Å²) >= 11 is 1.62. The largest absolute Gasteiger partial charge is 0.363 e. The molecule has 1 unspecified atom stereocenters. The number of hydrogen-bond acceptors (Lipinski definition) is 8. The second-order valence-corrected chi connectivity index (χ2v) is 8.51. The van der Waals surface area contributed by atoms with Gasteiger partial charge in [0.15, 0.2) is 0 Å². The van der Waals surface area contributed by atoms with Crippen LogP contribution >= 0.6 is 11.3 Å². The van der Waals surface area contributed by atoms with E-state index in [1.165, 1.54) is 0 Å². The van der Waals surface area contributed by atoms with Crippen molar-refractivity contribution in [3.8, 4) is 28.5 Å². The van der Waals surface area contributed by atoms with Gasteiger partial charge >= 0.3 is 0 Å². The first kappa shape index (κ1) is 20.7. The van der Waals surface area contributed by atoms with Gasteiger partial charge in [0.25, 0.3) is 0 Å². The fourth-order valence-corrected chi connectivity index (χ4v) is 4.35. The average molecular weight is 450 g/mol. The van der Waals surface area contributed by atoms with Crippen LogP contribution in [0.2, 0.25) is 0 Å². The maximum Gasteiger partial charge on any atom is 0.232 e. The lowest BCUT2D eigenvalue weighted by Crippen LogP contribution is -2.09. The number of aryl methyl sites for hydroxylation is 1. The van der Waals surface area contributed by atoms with Crippen molar-refractivity contribution in [2.45, 2.75) is 19.9 Å². The molecule has 3 heterocycles. The number of nitriles is 1. The van der Waals surface area contributed by atoms with Crippen LogP contribution in [0.1, 0.15) is 30.2 Å². The molecule has 0 aliphatic carbocycles. The fourth-order valence-electron chi connectivity index (χ4n) is 3.63. The van der Waals surface area contributed by atoms with E-state index in [1.54, 1.807) is 23.7 Å². The van der Waals surface area contributed by atoms with E-state index < -0.39 is 0 Å². The molecule has 0 saturated heterocycles. The highest BCUT2D eigenvalue weighted by Gasteiger charge is 2.11. The Morgan fingerprint density at radius 3 is 2.61 bits per heavy atom. The van der Waals surface area contributed by atoms with Gasteiger partial charge in [-0.05, 0) is 43.2 Å². The summed E-state index contributed by atoms with van der Waals surface area (Å²) in [5, 5.41) is 12.4. The highest BCUT2D eigenvalue weighted by molar-refractivity contribution is 7.16. The molecule has 5 aromatic rings. The van der Waals surface area contributed by atoms with Crippen LogP contribution in [-0.4, -0.2) is 24.9 Å². The molecule has 0 aliphatic heterocycles. The number of benzene rings is 2. The van der Waals surface area contributed by atoms with E-state index in [-0.39, 0.29) is 11.9 Å². The van der Waals surface area contributed by atoms with Gasteiger partial charge in [-0.15, -0.1) is 11.3 Å². The molecule has 1 N–H and O–H groups in total. The molecule has 0 spiro atoms. The van der Waals surface area contributed by atoms with Crippen LogP contribution in [0.4, 0.5) is 5.82 Å². The zero-order valence-corrected chi connectivity index (χ0v) is 18.8. The van der Waals surface area contributed by atoms with E-state index in [0.717, 1.165) is 44.0 Å². The van der Waals surface area contributed by atoms with Gasteiger partial charge in [-0.1, -0.05) is 24.3 Å². The molecule has 0 aliphatic rings. The zero-order valence-electron chi connectivity index (χ0n) is 18.0. The Morgan fingerprint density at radius 2 is 1.79 bits per heavy atom. The quantitative estimate of drug-likeness (QED) is 0.375. The summed E-state index contributed by atoms with van der Waals surface area (Å²) in [4.78, 5) is 21.7. The van der Waals surface area contributed by atoms with Gasteiger partial charge in [0.2, 0.25) is 5.82 Å². The second-order valence-electron chi connectivity index (χ2n) is 7.62. The van der Waals surface area contributed by atoms with E-state index in [1.807, 2.05) is 48.8 Å². The second kappa shape index (κ2) is 8.73. The van der Waals surface area contributed by atoms with Crippen LogP contribution in [-0.2, 0) is 0 Å². The van der Waals surface area contributed by atoms with Crippen LogP contribution in [0.25, 0.3) is 32.6 Å². The number of rotatable bonds is 5. The van der Waals surface area contributed by atoms with E-state index in [2.05, 4.69) is 55.4 Å². The molecule has 8 heteroatoms. The van der Waals surface area contributed by atoms with Crippen molar-refractivity contribution >= 4 is 27.4 Å². The Labute approximate surface area is 194 Å². The molecule has 2 aromatic carbocycles. The van der Waals surface area contributed by atoms with Crippen molar-refractivity contribution in [3.63, 3.8) is 0 Å². The SMILES string of the molecule is Cc1nc(NC(C)c2cccc(-c3cnc(C#N)nc3)c2)cc(-c2ccc3ncsc3c2)n1. The fraction of sp³-hybridized carbons (Fsp3) is 0.120. The lowest BCUT2D eigenvalue weighted by molar-refractivity contribution is 0.868. The van der Waals surface area contributed by atoms with Gasteiger partial charge in [-0.3, -0.25) is 0 Å². The van der Waals surface area contributed by atoms with Crippen molar-refractivity contribution in [1.82, 2.24) is 24.9 Å². The first-order valence-electron chi connectivity index (χ1n) is 10.4. The summed E-state index contributed by atoms with van der Waals surface area (Å²) < 4.78 is 1.13. The smallest absolute Gasteiger partial charge is 0.232 e. The van der Waals surface area contributed by atoms with Gasteiger partial charge in [0, 0.05) is 35.6 Å². The van der Waals surface area contributed by atoms with Crippen molar-refractivity contribution in [1.29, 1.82) is 5.26 Å². The van der Waals surface area contributed by atoms with E-state index in [0.29, 0.717) is 5.82 Å². The lowest BCUT2D eigenvalue weighted by atomic mass is 10.0. The molecule has 5 rings (SSSR count). The summed E-state index contributed by atoms with van der Waals surface area (Å²) in [6.07, 6.45) is 3.34. The van der Waals surface area contributed by atoms with E-state index >= 15 is 0 Å². The highest BCUT2D eigenvalue weighted by atomic mass is 32.1. The third kappa shape index (κ3) is 4.40. The van der Waals surface area contributed by atoms with E-state index in [4.69, 9.17) is 5.26 Å². The average Bonchev–Trinajstić information content (AvgIpc) is 3.32. The molecular formula is C25H19N7S. The number of nitrogens with one attached hydrogen (secondary N) is 1. The van der Waals surface area contributed by atoms with Crippen LogP contribution in [0.5, 0.6) is 0 Å². The molecule has 0 amide bonds. The van der Waals surface area contributed by atoms with Crippen LogP contribution in [0, 0.1) is 18.3 Å². The molecule has 0 radical (unpaired) electrons. The molecule has 7 nitrogen and oxygen atoms in total. The van der Waals surface area contributed by atoms with Crippen molar-refractivity contribution in [2.24, 2.45) is 0 Å². The number of nitrogens with zero attached hydrogens (tertiary/aromatic N) is 6. The Hall–Kier alpha value is -4.22. The van der Waals surface area contributed by atoms with E-state index in [9.17, 15) is 0 Å². The number of hydrogen-bond donors (Lipinski definition) is 1. The van der Waals surface area contributed by atoms with Gasteiger partial charge in [0.05, 0.1) is 21.4 Å². The van der Waals surface area contributed by atoms with Crippen LogP contribution < -0.4 is 5.32 Å². The lowest BCUT2D eigenvalue weighted by Gasteiger charge is -2.17. The normalized spacial score (nSPS) is 11.8. The first-order chi connectivity index (χ1) is 16.1. The number of aromatic nitrogens is 5. The van der Waals surface area contributed by atoms with Crippen LogP contribution in [0.15, 0.2) is 66.4 Å². The number of thiazole rings is 1. The zero-order chi connectivity index (χ0) is 22.8. The molecule has 3 aromatic heterocycles. The Bertz CT molecular complexity index is 1490. The molecule has 33 heavy (non-hydrogen) atoms. The maximum atomic E-state index is 8.91. The summed E-state index contributed by atoms with van der Waals surface area (Å²) in [6, 6.07) is 18.3. The Morgan fingerprint density at radius 1 is 0.939 bits per heavy atom. The summed E-state index contributed by atoms with van der Waals surface area (Å²) in [5.41, 5.74) is 7.71. The minimum atomic E-state index is 0.00961. The topological polar surface area (TPSA) is 100 Å². The highest BCUT2D eigenvalue weighted by Crippen LogP contribution is 2.28. The molecule has 160 valence electrons. The summed E-state index contributed by atoms with van der Waals surface area (Å²) in [7, 11) is 0. The standard InChI is InChI=1S/C25H19N7S/c1-15(17-4-3-5-18(8-17)20-12-27-25(11-26)28-13-20)30-24-10-22(31-16(2)32-24)19-6-7-21-23(9-19)33-14-29-21/h3-10,12-15H,1-2H3,(H,30,31,32). The molecule has 1 atom stereocenters. The summed E-state index contributed by atoms with van der Waals surface area (Å²) in [5.74, 6) is 1.63. The van der Waals surface area contributed by atoms with Gasteiger partial charge in [0.1, 0.15) is 17.7 Å².